The minimum Gasteiger partial charge on any atom is -0.271 e. The van der Waals surface area contributed by atoms with Crippen LogP contribution in [0.15, 0.2) is 24.3 Å². The van der Waals surface area contributed by atoms with Gasteiger partial charge in [-0.2, -0.15) is 0 Å². The molecule has 21 heavy (non-hydrogen) atoms. The molecule has 0 saturated carbocycles. The summed E-state index contributed by atoms with van der Waals surface area (Å²) in [5.74, 6) is 5.86. The second-order valence-corrected chi connectivity index (χ2v) is 7.33. The first-order valence-electron chi connectivity index (χ1n) is 7.81. The summed E-state index contributed by atoms with van der Waals surface area (Å²) in [6.45, 7) is 4.33. The van der Waals surface area contributed by atoms with Crippen molar-refractivity contribution >= 4 is 11.3 Å². The molecule has 0 saturated heterocycles. The SMILES string of the molecule is Cc1ccc(C)c(CC(NN)c2cc3c(s2)CCCC3)c1. The summed E-state index contributed by atoms with van der Waals surface area (Å²) in [5.41, 5.74) is 8.65. The van der Waals surface area contributed by atoms with Crippen LogP contribution in [-0.2, 0) is 19.3 Å². The zero-order valence-electron chi connectivity index (χ0n) is 12.9. The van der Waals surface area contributed by atoms with Crippen LogP contribution in [0.25, 0.3) is 0 Å². The maximum Gasteiger partial charge on any atom is 0.0593 e. The highest BCUT2D eigenvalue weighted by Gasteiger charge is 2.19. The van der Waals surface area contributed by atoms with Gasteiger partial charge in [0.15, 0.2) is 0 Å². The second kappa shape index (κ2) is 6.30. The molecule has 1 aliphatic carbocycles. The Hall–Kier alpha value is -1.16. The van der Waals surface area contributed by atoms with Gasteiger partial charge in [0, 0.05) is 9.75 Å². The van der Waals surface area contributed by atoms with Crippen LogP contribution in [-0.4, -0.2) is 0 Å². The summed E-state index contributed by atoms with van der Waals surface area (Å²) in [4.78, 5) is 2.97. The van der Waals surface area contributed by atoms with Gasteiger partial charge in [0.05, 0.1) is 6.04 Å². The fraction of sp³-hybridized carbons (Fsp3) is 0.444. The van der Waals surface area contributed by atoms with E-state index in [9.17, 15) is 0 Å². The lowest BCUT2D eigenvalue weighted by Crippen LogP contribution is -2.29. The number of hydrogen-bond donors (Lipinski definition) is 2. The van der Waals surface area contributed by atoms with Crippen LogP contribution in [0.3, 0.4) is 0 Å². The van der Waals surface area contributed by atoms with E-state index < -0.39 is 0 Å². The molecule has 0 bridgehead atoms. The molecule has 1 aromatic carbocycles. The highest BCUT2D eigenvalue weighted by atomic mass is 32.1. The van der Waals surface area contributed by atoms with Gasteiger partial charge in [-0.15, -0.1) is 11.3 Å². The third kappa shape index (κ3) is 3.20. The van der Waals surface area contributed by atoms with E-state index in [1.54, 1.807) is 10.4 Å². The summed E-state index contributed by atoms with van der Waals surface area (Å²) in [7, 11) is 0. The molecule has 1 unspecified atom stereocenters. The molecule has 0 spiro atoms. The van der Waals surface area contributed by atoms with Crippen LogP contribution < -0.4 is 11.3 Å². The topological polar surface area (TPSA) is 38.0 Å². The fourth-order valence-corrected chi connectivity index (χ4v) is 4.48. The van der Waals surface area contributed by atoms with Gasteiger partial charge >= 0.3 is 0 Å². The van der Waals surface area contributed by atoms with Gasteiger partial charge in [0.1, 0.15) is 0 Å². The van der Waals surface area contributed by atoms with Crippen molar-refractivity contribution in [1.29, 1.82) is 0 Å². The number of hydrogen-bond acceptors (Lipinski definition) is 3. The van der Waals surface area contributed by atoms with Crippen molar-refractivity contribution in [3.05, 3.63) is 56.3 Å². The number of hydrazine groups is 1. The molecule has 3 heteroatoms. The van der Waals surface area contributed by atoms with Crippen LogP contribution in [0, 0.1) is 13.8 Å². The summed E-state index contributed by atoms with van der Waals surface area (Å²) in [6, 6.07) is 9.27. The molecule has 112 valence electrons. The van der Waals surface area contributed by atoms with Crippen molar-refractivity contribution in [3.63, 3.8) is 0 Å². The molecule has 1 aliphatic rings. The Morgan fingerprint density at radius 1 is 1.19 bits per heavy atom. The minimum absolute atomic E-state index is 0.223. The number of aryl methyl sites for hydroxylation is 4. The van der Waals surface area contributed by atoms with E-state index in [0.29, 0.717) is 0 Å². The second-order valence-electron chi connectivity index (χ2n) is 6.16. The number of rotatable bonds is 4. The van der Waals surface area contributed by atoms with Crippen LogP contribution >= 0.6 is 11.3 Å². The molecule has 2 aromatic rings. The Morgan fingerprint density at radius 2 is 2.00 bits per heavy atom. The first-order chi connectivity index (χ1) is 10.2. The van der Waals surface area contributed by atoms with Gasteiger partial charge in [-0.05, 0) is 68.7 Å². The minimum atomic E-state index is 0.223. The maximum absolute atomic E-state index is 5.86. The van der Waals surface area contributed by atoms with Crippen LogP contribution in [0.4, 0.5) is 0 Å². The fourth-order valence-electron chi connectivity index (χ4n) is 3.17. The third-order valence-electron chi connectivity index (χ3n) is 4.49. The van der Waals surface area contributed by atoms with E-state index in [0.717, 1.165) is 6.42 Å². The van der Waals surface area contributed by atoms with Gasteiger partial charge in [0.2, 0.25) is 0 Å². The molecular weight excluding hydrogens is 276 g/mol. The molecule has 0 radical (unpaired) electrons. The molecule has 0 amide bonds. The van der Waals surface area contributed by atoms with Crippen molar-refractivity contribution in [2.24, 2.45) is 5.84 Å². The Kier molecular flexibility index (Phi) is 4.43. The van der Waals surface area contributed by atoms with Gasteiger partial charge in [-0.1, -0.05) is 23.8 Å². The smallest absolute Gasteiger partial charge is 0.0593 e. The van der Waals surface area contributed by atoms with Crippen LogP contribution in [0.5, 0.6) is 0 Å². The lowest BCUT2D eigenvalue weighted by atomic mass is 9.96. The zero-order valence-corrected chi connectivity index (χ0v) is 13.7. The van der Waals surface area contributed by atoms with Crippen molar-refractivity contribution in [1.82, 2.24) is 5.43 Å². The van der Waals surface area contributed by atoms with Crippen molar-refractivity contribution in [2.75, 3.05) is 0 Å². The van der Waals surface area contributed by atoms with E-state index in [2.05, 4.69) is 43.5 Å². The van der Waals surface area contributed by atoms with E-state index in [-0.39, 0.29) is 6.04 Å². The summed E-state index contributed by atoms with van der Waals surface area (Å²) >= 11 is 1.95. The molecule has 1 heterocycles. The Bertz CT molecular complexity index is 607. The molecule has 3 N–H and O–H groups in total. The average molecular weight is 300 g/mol. The van der Waals surface area contributed by atoms with Gasteiger partial charge in [-0.25, -0.2) is 0 Å². The Balaban J connectivity index is 1.84. The maximum atomic E-state index is 5.86. The van der Waals surface area contributed by atoms with Crippen LogP contribution in [0.1, 0.15) is 50.9 Å². The van der Waals surface area contributed by atoms with E-state index >= 15 is 0 Å². The highest BCUT2D eigenvalue weighted by molar-refractivity contribution is 7.12. The van der Waals surface area contributed by atoms with Crippen molar-refractivity contribution in [2.45, 2.75) is 52.0 Å². The van der Waals surface area contributed by atoms with Gasteiger partial charge in [0.25, 0.3) is 0 Å². The number of thiophene rings is 1. The van der Waals surface area contributed by atoms with Crippen molar-refractivity contribution < 1.29 is 0 Å². The largest absolute Gasteiger partial charge is 0.271 e. The summed E-state index contributed by atoms with van der Waals surface area (Å²) in [5, 5.41) is 0. The molecule has 2 nitrogen and oxygen atoms in total. The first kappa shape index (κ1) is 14.8. The quantitative estimate of drug-likeness (QED) is 0.662. The number of fused-ring (bicyclic) bond motifs is 1. The highest BCUT2D eigenvalue weighted by Crippen LogP contribution is 2.34. The Labute approximate surface area is 131 Å². The van der Waals surface area contributed by atoms with Crippen LogP contribution in [0.2, 0.25) is 0 Å². The average Bonchev–Trinajstić information content (AvgIpc) is 2.91. The summed E-state index contributed by atoms with van der Waals surface area (Å²) < 4.78 is 0. The van der Waals surface area contributed by atoms with Gasteiger partial charge < -0.3 is 0 Å². The molecule has 0 fully saturated rings. The predicted octanol–water partition coefficient (Wildman–Crippen LogP) is 3.99. The molecule has 1 aromatic heterocycles. The number of benzene rings is 1. The van der Waals surface area contributed by atoms with E-state index in [4.69, 9.17) is 5.84 Å². The lowest BCUT2D eigenvalue weighted by molar-refractivity contribution is 0.559. The van der Waals surface area contributed by atoms with Gasteiger partial charge in [-0.3, -0.25) is 11.3 Å². The van der Waals surface area contributed by atoms with E-state index in [1.807, 2.05) is 11.3 Å². The monoisotopic (exact) mass is 300 g/mol. The number of nitrogens with two attached hydrogens (primary N) is 1. The normalized spacial score (nSPS) is 15.8. The lowest BCUT2D eigenvalue weighted by Gasteiger charge is -2.16. The molecule has 3 rings (SSSR count). The standard InChI is InChI=1S/C18H24N2S/c1-12-7-8-13(2)15(9-12)10-16(20-19)18-11-14-5-3-4-6-17(14)21-18/h7-9,11,16,20H,3-6,10,19H2,1-2H3. The number of nitrogens with one attached hydrogen (secondary N) is 1. The van der Waals surface area contributed by atoms with Crippen molar-refractivity contribution in [3.8, 4) is 0 Å². The Morgan fingerprint density at radius 3 is 2.76 bits per heavy atom. The third-order valence-corrected chi connectivity index (χ3v) is 5.84. The van der Waals surface area contributed by atoms with E-state index in [1.165, 1.54) is 47.3 Å². The molecule has 1 atom stereocenters. The predicted molar refractivity (Wildman–Crippen MR) is 90.6 cm³/mol. The molecular formula is C18H24N2S. The first-order valence-corrected chi connectivity index (χ1v) is 8.63. The molecule has 0 aliphatic heterocycles. The summed E-state index contributed by atoms with van der Waals surface area (Å²) in [6.07, 6.45) is 6.13. The zero-order chi connectivity index (χ0) is 14.8.